The Labute approximate surface area is 76.7 Å². The molecule has 0 atom stereocenters. The lowest BCUT2D eigenvalue weighted by molar-refractivity contribution is 0.224. The maximum atomic E-state index is 11.3. The number of hydrogen-bond acceptors (Lipinski definition) is 3. The lowest BCUT2D eigenvalue weighted by atomic mass is 10.4. The monoisotopic (exact) mass is 180 g/mol. The number of nitrogens with zero attached hydrogens (tertiary/aromatic N) is 3. The van der Waals surface area contributed by atoms with E-state index < -0.39 is 0 Å². The third-order valence-electron chi connectivity index (χ3n) is 1.48. The summed E-state index contributed by atoms with van der Waals surface area (Å²) in [5.74, 6) is 5.95. The van der Waals surface area contributed by atoms with Crippen molar-refractivity contribution >= 4 is 11.8 Å². The third kappa shape index (κ3) is 2.16. The summed E-state index contributed by atoms with van der Waals surface area (Å²) in [6.45, 7) is 0. The van der Waals surface area contributed by atoms with Gasteiger partial charge in [-0.2, -0.15) is 0 Å². The van der Waals surface area contributed by atoms with Gasteiger partial charge in [-0.25, -0.2) is 20.6 Å². The van der Waals surface area contributed by atoms with Crippen LogP contribution in [-0.4, -0.2) is 30.0 Å². The number of carbonyl (C=O) groups excluding carboxylic acids is 1. The van der Waals surface area contributed by atoms with Crippen LogP contribution < -0.4 is 10.9 Å². The molecule has 13 heavy (non-hydrogen) atoms. The van der Waals surface area contributed by atoms with Gasteiger partial charge in [-0.05, 0) is 12.1 Å². The Morgan fingerprint density at radius 2 is 2.15 bits per heavy atom. The van der Waals surface area contributed by atoms with Crippen molar-refractivity contribution in [3.05, 3.63) is 24.4 Å². The molecule has 0 unspecified atom stereocenters. The Morgan fingerprint density at radius 1 is 1.46 bits per heavy atom. The van der Waals surface area contributed by atoms with Crippen molar-refractivity contribution in [2.45, 2.75) is 0 Å². The van der Waals surface area contributed by atoms with Gasteiger partial charge >= 0.3 is 6.03 Å². The predicted molar refractivity (Wildman–Crippen MR) is 50.0 cm³/mol. The Bertz CT molecular complexity index is 285. The first-order valence-electron chi connectivity index (χ1n) is 3.80. The quantitative estimate of drug-likeness (QED) is 0.387. The summed E-state index contributed by atoms with van der Waals surface area (Å²) in [5.41, 5.74) is 0. The highest BCUT2D eigenvalue weighted by Crippen LogP contribution is 2.05. The first-order chi connectivity index (χ1) is 6.13. The minimum atomic E-state index is -0.307. The molecular formula is C8H12N4O. The molecule has 0 bridgehead atoms. The van der Waals surface area contributed by atoms with E-state index in [1.165, 1.54) is 4.90 Å². The molecule has 0 aliphatic carbocycles. The number of rotatable bonds is 1. The Kier molecular flexibility index (Phi) is 2.81. The van der Waals surface area contributed by atoms with E-state index >= 15 is 0 Å². The van der Waals surface area contributed by atoms with E-state index in [0.29, 0.717) is 5.82 Å². The van der Waals surface area contributed by atoms with Gasteiger partial charge in [0, 0.05) is 20.3 Å². The van der Waals surface area contributed by atoms with Gasteiger partial charge < -0.3 is 4.90 Å². The zero-order valence-electron chi connectivity index (χ0n) is 7.64. The Hall–Kier alpha value is -1.62. The highest BCUT2D eigenvalue weighted by Gasteiger charge is 2.13. The van der Waals surface area contributed by atoms with Gasteiger partial charge in [0.25, 0.3) is 0 Å². The molecule has 2 N–H and O–H groups in total. The molecule has 70 valence electrons. The third-order valence-corrected chi connectivity index (χ3v) is 1.48. The van der Waals surface area contributed by atoms with Crippen molar-refractivity contribution in [2.75, 3.05) is 19.1 Å². The number of urea groups is 1. The smallest absolute Gasteiger partial charge is 0.329 e. The second-order valence-corrected chi connectivity index (χ2v) is 2.73. The molecule has 2 amide bonds. The van der Waals surface area contributed by atoms with Gasteiger partial charge in [-0.1, -0.05) is 6.07 Å². The zero-order chi connectivity index (χ0) is 9.84. The summed E-state index contributed by atoms with van der Waals surface area (Å²) >= 11 is 0. The fourth-order valence-electron chi connectivity index (χ4n) is 0.810. The van der Waals surface area contributed by atoms with E-state index in [1.807, 2.05) is 0 Å². The molecule has 1 rings (SSSR count). The number of amides is 2. The Morgan fingerprint density at radius 3 is 2.62 bits per heavy atom. The minimum absolute atomic E-state index is 0.307. The summed E-state index contributed by atoms with van der Waals surface area (Å²) in [7, 11) is 3.26. The molecule has 1 aromatic rings. The maximum absolute atomic E-state index is 11.3. The number of hydrogen-bond donors (Lipinski definition) is 1. The van der Waals surface area contributed by atoms with Gasteiger partial charge in [0.1, 0.15) is 0 Å². The number of carbonyl (C=O) groups is 1. The summed E-state index contributed by atoms with van der Waals surface area (Å²) in [5, 5.41) is 1.000. The standard InChI is InChI=1S/C8H12N4O/c1-11(2)8(13)12(9)7-5-3-4-6-10-7/h3-6H,9H2,1-2H3. The van der Waals surface area contributed by atoms with Crippen molar-refractivity contribution < 1.29 is 4.79 Å². The topological polar surface area (TPSA) is 62.5 Å². The second kappa shape index (κ2) is 3.86. The number of pyridine rings is 1. The first-order valence-corrected chi connectivity index (χ1v) is 3.80. The highest BCUT2D eigenvalue weighted by molar-refractivity contribution is 5.89. The van der Waals surface area contributed by atoms with Gasteiger partial charge in [0.15, 0.2) is 5.82 Å². The van der Waals surface area contributed by atoms with Crippen molar-refractivity contribution in [1.82, 2.24) is 9.88 Å². The number of hydrazine groups is 1. The lowest BCUT2D eigenvalue weighted by Gasteiger charge is -2.19. The average Bonchev–Trinajstić information content (AvgIpc) is 2.17. The minimum Gasteiger partial charge on any atom is -0.329 e. The van der Waals surface area contributed by atoms with Crippen molar-refractivity contribution in [1.29, 1.82) is 0 Å². The Balaban J connectivity index is 2.80. The summed E-state index contributed by atoms with van der Waals surface area (Å²) in [4.78, 5) is 16.6. The molecule has 0 aromatic carbocycles. The molecular weight excluding hydrogens is 168 g/mol. The molecule has 0 fully saturated rings. The van der Waals surface area contributed by atoms with Gasteiger partial charge in [0.2, 0.25) is 0 Å². The molecule has 1 heterocycles. The molecule has 0 aliphatic heterocycles. The van der Waals surface area contributed by atoms with Crippen LogP contribution in [0.4, 0.5) is 10.6 Å². The van der Waals surface area contributed by atoms with E-state index in [1.54, 1.807) is 38.5 Å². The van der Waals surface area contributed by atoms with E-state index in [0.717, 1.165) is 5.01 Å². The van der Waals surface area contributed by atoms with Gasteiger partial charge in [-0.15, -0.1) is 0 Å². The molecule has 5 nitrogen and oxygen atoms in total. The van der Waals surface area contributed by atoms with Crippen LogP contribution >= 0.6 is 0 Å². The van der Waals surface area contributed by atoms with Crippen LogP contribution in [0.3, 0.4) is 0 Å². The van der Waals surface area contributed by atoms with Gasteiger partial charge in [0.05, 0.1) is 0 Å². The van der Waals surface area contributed by atoms with E-state index in [-0.39, 0.29) is 6.03 Å². The molecule has 5 heteroatoms. The fourth-order valence-corrected chi connectivity index (χ4v) is 0.810. The molecule has 0 radical (unpaired) electrons. The van der Waals surface area contributed by atoms with Crippen molar-refractivity contribution in [3.8, 4) is 0 Å². The molecule has 0 aliphatic rings. The van der Waals surface area contributed by atoms with Crippen LogP contribution in [-0.2, 0) is 0 Å². The molecule has 0 saturated carbocycles. The van der Waals surface area contributed by atoms with Crippen LogP contribution in [0, 0.1) is 0 Å². The van der Waals surface area contributed by atoms with E-state index in [9.17, 15) is 4.79 Å². The molecule has 0 spiro atoms. The maximum Gasteiger partial charge on any atom is 0.339 e. The number of anilines is 1. The van der Waals surface area contributed by atoms with Gasteiger partial charge in [-0.3, -0.25) is 0 Å². The van der Waals surface area contributed by atoms with Crippen LogP contribution in [0.15, 0.2) is 24.4 Å². The normalized spacial score (nSPS) is 9.46. The van der Waals surface area contributed by atoms with Crippen LogP contribution in [0.1, 0.15) is 0 Å². The zero-order valence-corrected chi connectivity index (χ0v) is 7.64. The fraction of sp³-hybridized carbons (Fsp3) is 0.250. The predicted octanol–water partition coefficient (Wildman–Crippen LogP) is 0.443. The number of aromatic nitrogens is 1. The van der Waals surface area contributed by atoms with Crippen molar-refractivity contribution in [3.63, 3.8) is 0 Å². The molecule has 0 saturated heterocycles. The summed E-state index contributed by atoms with van der Waals surface area (Å²) < 4.78 is 0. The first kappa shape index (κ1) is 9.47. The highest BCUT2D eigenvalue weighted by atomic mass is 16.2. The van der Waals surface area contributed by atoms with Crippen LogP contribution in [0.2, 0.25) is 0 Å². The van der Waals surface area contributed by atoms with E-state index in [2.05, 4.69) is 4.98 Å². The van der Waals surface area contributed by atoms with Crippen LogP contribution in [0.25, 0.3) is 0 Å². The summed E-state index contributed by atoms with van der Waals surface area (Å²) in [6.07, 6.45) is 1.58. The van der Waals surface area contributed by atoms with Crippen molar-refractivity contribution in [2.24, 2.45) is 5.84 Å². The molecule has 1 aromatic heterocycles. The second-order valence-electron chi connectivity index (χ2n) is 2.73. The lowest BCUT2D eigenvalue weighted by Crippen LogP contribution is -2.44. The largest absolute Gasteiger partial charge is 0.339 e. The number of nitrogens with two attached hydrogens (primary N) is 1. The van der Waals surface area contributed by atoms with E-state index in [4.69, 9.17) is 5.84 Å². The van der Waals surface area contributed by atoms with Crippen LogP contribution in [0.5, 0.6) is 0 Å². The average molecular weight is 180 g/mol. The SMILES string of the molecule is CN(C)C(=O)N(N)c1ccccn1. The summed E-state index contributed by atoms with van der Waals surface area (Å²) in [6, 6.07) is 4.89.